The van der Waals surface area contributed by atoms with Crippen molar-refractivity contribution in [2.45, 2.75) is 38.5 Å². The van der Waals surface area contributed by atoms with Crippen molar-refractivity contribution in [1.82, 2.24) is 5.16 Å². The standard InChI is InChI=1S/C17H22N2O2/c1-20-14-9-7-13(8-10-14)16-15(19-21-17(16)18)11-6-12-4-2-3-5-12/h7-10,12H,2-6,11,18H2,1H3. The summed E-state index contributed by atoms with van der Waals surface area (Å²) in [7, 11) is 1.66. The quantitative estimate of drug-likeness (QED) is 0.900. The average molecular weight is 286 g/mol. The maximum Gasteiger partial charge on any atom is 0.230 e. The summed E-state index contributed by atoms with van der Waals surface area (Å²) in [6.07, 6.45) is 7.56. The van der Waals surface area contributed by atoms with Gasteiger partial charge in [-0.15, -0.1) is 0 Å². The van der Waals surface area contributed by atoms with Crippen molar-refractivity contribution >= 4 is 5.88 Å². The largest absolute Gasteiger partial charge is 0.497 e. The minimum Gasteiger partial charge on any atom is -0.497 e. The number of rotatable bonds is 5. The van der Waals surface area contributed by atoms with Crippen LogP contribution in [0.25, 0.3) is 11.1 Å². The van der Waals surface area contributed by atoms with E-state index in [0.717, 1.165) is 34.9 Å². The van der Waals surface area contributed by atoms with Crippen molar-refractivity contribution in [3.63, 3.8) is 0 Å². The summed E-state index contributed by atoms with van der Waals surface area (Å²) >= 11 is 0. The van der Waals surface area contributed by atoms with Crippen LogP contribution >= 0.6 is 0 Å². The number of nitrogen functional groups attached to an aromatic ring is 1. The molecule has 0 aliphatic heterocycles. The summed E-state index contributed by atoms with van der Waals surface area (Å²) in [6, 6.07) is 7.87. The van der Waals surface area contributed by atoms with Crippen LogP contribution in [0.4, 0.5) is 5.88 Å². The predicted octanol–water partition coefficient (Wildman–Crippen LogP) is 4.06. The number of aryl methyl sites for hydroxylation is 1. The molecule has 0 spiro atoms. The first kappa shape index (κ1) is 14.0. The van der Waals surface area contributed by atoms with Crippen LogP contribution in [0, 0.1) is 5.92 Å². The summed E-state index contributed by atoms with van der Waals surface area (Å²) in [5.74, 6) is 2.08. The van der Waals surface area contributed by atoms with Gasteiger partial charge in [0.25, 0.3) is 0 Å². The zero-order chi connectivity index (χ0) is 14.7. The Morgan fingerprint density at radius 3 is 2.62 bits per heavy atom. The molecule has 1 fully saturated rings. The molecule has 0 bridgehead atoms. The van der Waals surface area contributed by atoms with Crippen LogP contribution in [0.2, 0.25) is 0 Å². The normalized spacial score (nSPS) is 15.5. The number of aromatic nitrogens is 1. The molecule has 1 aromatic carbocycles. The highest BCUT2D eigenvalue weighted by molar-refractivity contribution is 5.75. The van der Waals surface area contributed by atoms with Gasteiger partial charge in [-0.3, -0.25) is 0 Å². The number of hydrogen-bond acceptors (Lipinski definition) is 4. The van der Waals surface area contributed by atoms with Gasteiger partial charge < -0.3 is 15.0 Å². The smallest absolute Gasteiger partial charge is 0.230 e. The first-order chi connectivity index (χ1) is 10.3. The lowest BCUT2D eigenvalue weighted by Crippen LogP contribution is -1.98. The second-order valence-electron chi connectivity index (χ2n) is 5.79. The lowest BCUT2D eigenvalue weighted by molar-refractivity contribution is 0.415. The second-order valence-corrected chi connectivity index (χ2v) is 5.79. The number of hydrogen-bond donors (Lipinski definition) is 1. The van der Waals surface area contributed by atoms with Crippen LogP contribution in [0.5, 0.6) is 5.75 Å². The van der Waals surface area contributed by atoms with E-state index in [0.29, 0.717) is 5.88 Å². The van der Waals surface area contributed by atoms with Gasteiger partial charge in [-0.1, -0.05) is 43.0 Å². The van der Waals surface area contributed by atoms with Gasteiger partial charge in [-0.2, -0.15) is 0 Å². The van der Waals surface area contributed by atoms with Gasteiger partial charge in [-0.05, 0) is 36.5 Å². The summed E-state index contributed by atoms with van der Waals surface area (Å²) in [5, 5.41) is 4.16. The molecule has 21 heavy (non-hydrogen) atoms. The zero-order valence-corrected chi connectivity index (χ0v) is 12.5. The molecule has 1 aromatic heterocycles. The zero-order valence-electron chi connectivity index (χ0n) is 12.5. The molecular formula is C17H22N2O2. The number of methoxy groups -OCH3 is 1. The topological polar surface area (TPSA) is 61.3 Å². The molecule has 1 saturated carbocycles. The maximum absolute atomic E-state index is 5.97. The summed E-state index contributed by atoms with van der Waals surface area (Å²) in [4.78, 5) is 0. The van der Waals surface area contributed by atoms with E-state index in [1.807, 2.05) is 24.3 Å². The molecule has 3 rings (SSSR count). The van der Waals surface area contributed by atoms with Gasteiger partial charge in [0.15, 0.2) is 0 Å². The van der Waals surface area contributed by atoms with E-state index in [1.54, 1.807) is 7.11 Å². The minimum atomic E-state index is 0.404. The number of anilines is 1. The van der Waals surface area contributed by atoms with E-state index >= 15 is 0 Å². The highest BCUT2D eigenvalue weighted by Crippen LogP contribution is 2.34. The fourth-order valence-electron chi connectivity index (χ4n) is 3.21. The SMILES string of the molecule is COc1ccc(-c2c(CCC3CCCC3)noc2N)cc1. The summed E-state index contributed by atoms with van der Waals surface area (Å²) in [6.45, 7) is 0. The second kappa shape index (κ2) is 6.20. The predicted molar refractivity (Wildman–Crippen MR) is 83.2 cm³/mol. The number of benzene rings is 1. The molecular weight excluding hydrogens is 264 g/mol. The van der Waals surface area contributed by atoms with Crippen LogP contribution < -0.4 is 10.5 Å². The van der Waals surface area contributed by atoms with Crippen LogP contribution in [0.15, 0.2) is 28.8 Å². The number of nitrogens with two attached hydrogens (primary N) is 1. The third-order valence-corrected chi connectivity index (χ3v) is 4.43. The van der Waals surface area contributed by atoms with Crippen LogP contribution in [-0.4, -0.2) is 12.3 Å². The molecule has 1 aliphatic rings. The molecule has 4 heteroatoms. The van der Waals surface area contributed by atoms with Gasteiger partial charge in [0.2, 0.25) is 5.88 Å². The van der Waals surface area contributed by atoms with E-state index in [-0.39, 0.29) is 0 Å². The third-order valence-electron chi connectivity index (χ3n) is 4.43. The van der Waals surface area contributed by atoms with Crippen molar-refractivity contribution in [2.75, 3.05) is 12.8 Å². The highest BCUT2D eigenvalue weighted by atomic mass is 16.5. The van der Waals surface area contributed by atoms with E-state index < -0.39 is 0 Å². The molecule has 2 aromatic rings. The van der Waals surface area contributed by atoms with Gasteiger partial charge in [-0.25, -0.2) is 0 Å². The highest BCUT2D eigenvalue weighted by Gasteiger charge is 2.19. The monoisotopic (exact) mass is 286 g/mol. The van der Waals surface area contributed by atoms with Gasteiger partial charge >= 0.3 is 0 Å². The van der Waals surface area contributed by atoms with Crippen LogP contribution in [-0.2, 0) is 6.42 Å². The maximum atomic E-state index is 5.97. The van der Waals surface area contributed by atoms with Crippen LogP contribution in [0.3, 0.4) is 0 Å². The van der Waals surface area contributed by atoms with E-state index in [9.17, 15) is 0 Å². The molecule has 1 aliphatic carbocycles. The molecule has 0 amide bonds. The van der Waals surface area contributed by atoms with Crippen molar-refractivity contribution in [2.24, 2.45) is 5.92 Å². The molecule has 2 N–H and O–H groups in total. The lowest BCUT2D eigenvalue weighted by atomic mass is 9.97. The van der Waals surface area contributed by atoms with E-state index in [2.05, 4.69) is 5.16 Å². The van der Waals surface area contributed by atoms with Crippen molar-refractivity contribution in [1.29, 1.82) is 0 Å². The molecule has 0 atom stereocenters. The summed E-state index contributed by atoms with van der Waals surface area (Å²) < 4.78 is 10.4. The molecule has 4 nitrogen and oxygen atoms in total. The molecule has 0 saturated heterocycles. The van der Waals surface area contributed by atoms with Crippen LogP contribution in [0.1, 0.15) is 37.8 Å². The molecule has 0 unspecified atom stereocenters. The van der Waals surface area contributed by atoms with E-state index in [1.165, 1.54) is 32.1 Å². The Morgan fingerprint density at radius 1 is 1.24 bits per heavy atom. The Labute approximate surface area is 125 Å². The Bertz CT molecular complexity index is 583. The lowest BCUT2D eigenvalue weighted by Gasteiger charge is -2.08. The average Bonchev–Trinajstić information content (AvgIpc) is 3.15. The van der Waals surface area contributed by atoms with E-state index in [4.69, 9.17) is 15.0 Å². The fraction of sp³-hybridized carbons (Fsp3) is 0.471. The van der Waals surface area contributed by atoms with Gasteiger partial charge in [0, 0.05) is 0 Å². The van der Waals surface area contributed by atoms with Crippen molar-refractivity contribution < 1.29 is 9.26 Å². The van der Waals surface area contributed by atoms with Crippen molar-refractivity contribution in [3.8, 4) is 16.9 Å². The first-order valence-corrected chi connectivity index (χ1v) is 7.66. The summed E-state index contributed by atoms with van der Waals surface area (Å²) in [5.41, 5.74) is 8.92. The fourth-order valence-corrected chi connectivity index (χ4v) is 3.21. The molecule has 1 heterocycles. The Hall–Kier alpha value is -1.97. The first-order valence-electron chi connectivity index (χ1n) is 7.66. The Kier molecular flexibility index (Phi) is 4.13. The van der Waals surface area contributed by atoms with Crippen molar-refractivity contribution in [3.05, 3.63) is 30.0 Å². The van der Waals surface area contributed by atoms with Gasteiger partial charge in [0.05, 0.1) is 18.4 Å². The molecule has 0 radical (unpaired) electrons. The third kappa shape index (κ3) is 3.04. The minimum absolute atomic E-state index is 0.404. The number of nitrogens with zero attached hydrogens (tertiary/aromatic N) is 1. The molecule has 112 valence electrons. The Morgan fingerprint density at radius 2 is 1.95 bits per heavy atom. The Balaban J connectivity index is 1.78. The van der Waals surface area contributed by atoms with Gasteiger partial charge in [0.1, 0.15) is 5.75 Å². The number of ether oxygens (including phenoxy) is 1.